The zero-order valence-electron chi connectivity index (χ0n) is 11.3. The summed E-state index contributed by atoms with van der Waals surface area (Å²) in [5.74, 6) is -1.22. The molecule has 0 spiro atoms. The van der Waals surface area contributed by atoms with Crippen LogP contribution in [0.2, 0.25) is 0 Å². The molecule has 0 saturated heterocycles. The minimum atomic E-state index is -1.16. The van der Waals surface area contributed by atoms with E-state index in [1.165, 1.54) is 12.1 Å². The fourth-order valence-electron chi connectivity index (χ4n) is 1.92. The van der Waals surface area contributed by atoms with Crippen LogP contribution in [0.5, 0.6) is 11.5 Å². The first-order valence-electron chi connectivity index (χ1n) is 6.47. The molecule has 0 aliphatic heterocycles. The van der Waals surface area contributed by atoms with Crippen LogP contribution in [0.4, 0.5) is 0 Å². The maximum absolute atomic E-state index is 10.9. The minimum absolute atomic E-state index is 0.117. The van der Waals surface area contributed by atoms with Gasteiger partial charge in [-0.1, -0.05) is 24.3 Å². The molecule has 0 fully saturated rings. The van der Waals surface area contributed by atoms with Crippen molar-refractivity contribution in [1.82, 2.24) is 0 Å². The maximum Gasteiger partial charge on any atom is 0.339 e. The van der Waals surface area contributed by atoms with Gasteiger partial charge >= 0.3 is 5.97 Å². The fourth-order valence-corrected chi connectivity index (χ4v) is 1.92. The Morgan fingerprint density at radius 2 is 1.81 bits per heavy atom. The highest BCUT2D eigenvalue weighted by atomic mass is 16.5. The Morgan fingerprint density at radius 1 is 1.05 bits per heavy atom. The van der Waals surface area contributed by atoms with Crippen molar-refractivity contribution in [3.8, 4) is 11.5 Å². The summed E-state index contributed by atoms with van der Waals surface area (Å²) in [6, 6.07) is 11.4. The van der Waals surface area contributed by atoms with E-state index in [1.807, 2.05) is 6.07 Å². The molecule has 2 aromatic rings. The van der Waals surface area contributed by atoms with Gasteiger partial charge in [0.05, 0.1) is 13.2 Å². The quantitative estimate of drug-likeness (QED) is 0.711. The van der Waals surface area contributed by atoms with Crippen molar-refractivity contribution >= 4 is 5.97 Å². The van der Waals surface area contributed by atoms with Crippen LogP contribution in [-0.2, 0) is 17.8 Å². The summed E-state index contributed by atoms with van der Waals surface area (Å²) in [4.78, 5) is 10.9. The van der Waals surface area contributed by atoms with Gasteiger partial charge in [-0.3, -0.25) is 0 Å². The summed E-state index contributed by atoms with van der Waals surface area (Å²) in [6.45, 7) is 0.675. The Labute approximate surface area is 122 Å². The average Bonchev–Trinajstić information content (AvgIpc) is 2.46. The molecule has 2 rings (SSSR count). The number of carbonyl (C=O) groups is 1. The van der Waals surface area contributed by atoms with Crippen LogP contribution in [0.15, 0.2) is 42.5 Å². The first kappa shape index (κ1) is 14.9. The number of rotatable bonds is 6. The SMILES string of the molecule is O=C(O)c1cc(CCOCc2ccccc2O)ccc1O. The second-order valence-electron chi connectivity index (χ2n) is 4.59. The monoisotopic (exact) mass is 288 g/mol. The summed E-state index contributed by atoms with van der Waals surface area (Å²) in [6.07, 6.45) is 0.522. The Bertz CT molecular complexity index is 636. The lowest BCUT2D eigenvalue weighted by atomic mass is 10.1. The molecule has 0 radical (unpaired) electrons. The zero-order valence-corrected chi connectivity index (χ0v) is 11.3. The summed E-state index contributed by atoms with van der Waals surface area (Å²) in [5, 5.41) is 27.9. The van der Waals surface area contributed by atoms with Gasteiger partial charge in [-0.15, -0.1) is 0 Å². The van der Waals surface area contributed by atoms with E-state index in [9.17, 15) is 15.0 Å². The molecule has 0 atom stereocenters. The number of carboxylic acids is 1. The topological polar surface area (TPSA) is 87.0 Å². The van der Waals surface area contributed by atoms with Crippen molar-refractivity contribution in [2.45, 2.75) is 13.0 Å². The van der Waals surface area contributed by atoms with Crippen molar-refractivity contribution < 1.29 is 24.9 Å². The fraction of sp³-hybridized carbons (Fsp3) is 0.188. The van der Waals surface area contributed by atoms with E-state index in [1.54, 1.807) is 24.3 Å². The lowest BCUT2D eigenvalue weighted by molar-refractivity contribution is 0.0693. The van der Waals surface area contributed by atoms with Crippen molar-refractivity contribution in [1.29, 1.82) is 0 Å². The largest absolute Gasteiger partial charge is 0.508 e. The third-order valence-electron chi connectivity index (χ3n) is 3.08. The molecule has 0 aromatic heterocycles. The molecule has 5 nitrogen and oxygen atoms in total. The Balaban J connectivity index is 1.88. The number of hydrogen-bond acceptors (Lipinski definition) is 4. The van der Waals surface area contributed by atoms with Gasteiger partial charge in [-0.05, 0) is 30.2 Å². The number of ether oxygens (including phenoxy) is 1. The summed E-state index contributed by atoms with van der Waals surface area (Å²) in [7, 11) is 0. The van der Waals surface area contributed by atoms with Gasteiger partial charge in [-0.25, -0.2) is 4.79 Å². The molecule has 0 amide bonds. The molecule has 0 aliphatic rings. The maximum atomic E-state index is 10.9. The van der Waals surface area contributed by atoms with Crippen LogP contribution in [0.3, 0.4) is 0 Å². The van der Waals surface area contributed by atoms with Crippen molar-refractivity contribution in [3.63, 3.8) is 0 Å². The third-order valence-corrected chi connectivity index (χ3v) is 3.08. The van der Waals surface area contributed by atoms with Crippen LogP contribution in [0.25, 0.3) is 0 Å². The molecule has 0 aliphatic carbocycles. The molecule has 2 aromatic carbocycles. The summed E-state index contributed by atoms with van der Waals surface area (Å²) >= 11 is 0. The number of para-hydroxylation sites is 1. The predicted octanol–water partition coefficient (Wildman–Crippen LogP) is 2.56. The van der Waals surface area contributed by atoms with Gasteiger partial charge in [0.1, 0.15) is 17.1 Å². The highest BCUT2D eigenvalue weighted by Crippen LogP contribution is 2.19. The first-order chi connectivity index (χ1) is 10.1. The predicted molar refractivity (Wildman–Crippen MR) is 76.5 cm³/mol. The number of phenols is 2. The van der Waals surface area contributed by atoms with E-state index < -0.39 is 5.97 Å². The van der Waals surface area contributed by atoms with Crippen LogP contribution in [0.1, 0.15) is 21.5 Å². The molecule has 0 unspecified atom stereocenters. The van der Waals surface area contributed by atoms with E-state index in [-0.39, 0.29) is 23.7 Å². The van der Waals surface area contributed by atoms with Gasteiger partial charge in [0.25, 0.3) is 0 Å². The number of phenolic OH excluding ortho intramolecular Hbond substituents is 1. The highest BCUT2D eigenvalue weighted by molar-refractivity contribution is 5.90. The van der Waals surface area contributed by atoms with E-state index >= 15 is 0 Å². The Morgan fingerprint density at radius 3 is 2.52 bits per heavy atom. The van der Waals surface area contributed by atoms with Gasteiger partial charge in [-0.2, -0.15) is 0 Å². The second-order valence-corrected chi connectivity index (χ2v) is 4.59. The smallest absolute Gasteiger partial charge is 0.339 e. The number of carboxylic acid groups (broad SMARTS) is 1. The van der Waals surface area contributed by atoms with E-state index in [0.717, 1.165) is 5.56 Å². The second kappa shape index (κ2) is 6.76. The minimum Gasteiger partial charge on any atom is -0.508 e. The standard InChI is InChI=1S/C16H16O5/c17-14-4-2-1-3-12(14)10-21-8-7-11-5-6-15(18)13(9-11)16(19)20/h1-6,9,17-18H,7-8,10H2,(H,19,20). The van der Waals surface area contributed by atoms with Gasteiger partial charge in [0.2, 0.25) is 0 Å². The van der Waals surface area contributed by atoms with Crippen molar-refractivity contribution in [2.24, 2.45) is 0 Å². The third kappa shape index (κ3) is 3.97. The van der Waals surface area contributed by atoms with E-state index in [0.29, 0.717) is 18.6 Å². The molecular weight excluding hydrogens is 272 g/mol. The molecule has 21 heavy (non-hydrogen) atoms. The van der Waals surface area contributed by atoms with Crippen molar-refractivity contribution in [2.75, 3.05) is 6.61 Å². The lowest BCUT2D eigenvalue weighted by Gasteiger charge is -2.07. The van der Waals surface area contributed by atoms with E-state index in [4.69, 9.17) is 9.84 Å². The average molecular weight is 288 g/mol. The summed E-state index contributed by atoms with van der Waals surface area (Å²) < 4.78 is 5.47. The molecular formula is C16H16O5. The lowest BCUT2D eigenvalue weighted by Crippen LogP contribution is -2.02. The molecule has 0 heterocycles. The number of hydrogen-bond donors (Lipinski definition) is 3. The summed E-state index contributed by atoms with van der Waals surface area (Å²) in [5.41, 5.74) is 1.35. The number of aromatic hydroxyl groups is 2. The number of aromatic carboxylic acids is 1. The molecule has 3 N–H and O–H groups in total. The highest BCUT2D eigenvalue weighted by Gasteiger charge is 2.10. The van der Waals surface area contributed by atoms with Crippen LogP contribution in [0, 0.1) is 0 Å². The molecule has 0 saturated carbocycles. The first-order valence-corrected chi connectivity index (χ1v) is 6.47. The van der Waals surface area contributed by atoms with Crippen LogP contribution < -0.4 is 0 Å². The Hall–Kier alpha value is -2.53. The molecule has 110 valence electrons. The zero-order chi connectivity index (χ0) is 15.2. The Kier molecular flexibility index (Phi) is 4.79. The van der Waals surface area contributed by atoms with Gasteiger partial charge in [0, 0.05) is 5.56 Å². The molecule has 5 heteroatoms. The van der Waals surface area contributed by atoms with Crippen LogP contribution in [-0.4, -0.2) is 27.9 Å². The molecule has 0 bridgehead atoms. The van der Waals surface area contributed by atoms with Crippen molar-refractivity contribution in [3.05, 3.63) is 59.2 Å². The van der Waals surface area contributed by atoms with Crippen LogP contribution >= 0.6 is 0 Å². The van der Waals surface area contributed by atoms with Gasteiger partial charge < -0.3 is 20.1 Å². The van der Waals surface area contributed by atoms with E-state index in [2.05, 4.69) is 0 Å². The number of benzene rings is 2. The van der Waals surface area contributed by atoms with Gasteiger partial charge in [0.15, 0.2) is 0 Å². The normalized spacial score (nSPS) is 10.5.